The summed E-state index contributed by atoms with van der Waals surface area (Å²) in [7, 11) is 0. The van der Waals surface area contributed by atoms with Crippen molar-refractivity contribution in [2.24, 2.45) is 11.7 Å². The number of hydrogen-bond acceptors (Lipinski definition) is 5. The van der Waals surface area contributed by atoms with Crippen LogP contribution in [0, 0.1) is 12.8 Å². The first-order valence-electron chi connectivity index (χ1n) is 7.43. The van der Waals surface area contributed by atoms with E-state index in [0.717, 1.165) is 12.8 Å². The summed E-state index contributed by atoms with van der Waals surface area (Å²) in [6.45, 7) is 3.62. The van der Waals surface area contributed by atoms with Crippen LogP contribution in [0.15, 0.2) is 28.8 Å². The van der Waals surface area contributed by atoms with Crippen molar-refractivity contribution in [2.45, 2.75) is 32.2 Å². The topological polar surface area (TPSA) is 111 Å². The van der Waals surface area contributed by atoms with Crippen molar-refractivity contribution in [1.82, 2.24) is 15.5 Å². The average molecular weight is 314 g/mol. The molecule has 7 nitrogen and oxygen atoms in total. The van der Waals surface area contributed by atoms with Gasteiger partial charge in [0.25, 0.3) is 5.91 Å². The quantitative estimate of drug-likeness (QED) is 0.869. The minimum atomic E-state index is -0.669. The Kier molecular flexibility index (Phi) is 3.63. The van der Waals surface area contributed by atoms with Crippen LogP contribution in [0.3, 0.4) is 0 Å². The molecule has 1 saturated carbocycles. The van der Waals surface area contributed by atoms with Crippen LogP contribution in [0.1, 0.15) is 52.2 Å². The van der Waals surface area contributed by atoms with E-state index in [4.69, 9.17) is 10.3 Å². The molecule has 1 heterocycles. The summed E-state index contributed by atoms with van der Waals surface area (Å²) in [6, 6.07) is 6.21. The Labute approximate surface area is 133 Å². The SMILES string of the molecule is Cc1nc(C(C)(NC(=O)c2ccc(C(N)=O)cc2)C2CC2)no1. The second-order valence-corrected chi connectivity index (χ2v) is 6.01. The molecule has 1 unspecified atom stereocenters. The Morgan fingerprint density at radius 1 is 1.26 bits per heavy atom. The van der Waals surface area contributed by atoms with Gasteiger partial charge in [0.2, 0.25) is 11.8 Å². The van der Waals surface area contributed by atoms with E-state index < -0.39 is 11.4 Å². The number of primary amides is 1. The minimum absolute atomic E-state index is 0.252. The Balaban J connectivity index is 1.83. The number of nitrogens with two attached hydrogens (primary N) is 1. The van der Waals surface area contributed by atoms with Crippen molar-refractivity contribution in [3.05, 3.63) is 47.1 Å². The van der Waals surface area contributed by atoms with Crippen LogP contribution in [0.4, 0.5) is 0 Å². The minimum Gasteiger partial charge on any atom is -0.366 e. The number of aryl methyl sites for hydroxylation is 1. The van der Waals surface area contributed by atoms with Crippen LogP contribution in [0.25, 0.3) is 0 Å². The number of carbonyl (C=O) groups excluding carboxylic acids is 2. The normalized spacial score (nSPS) is 16.6. The van der Waals surface area contributed by atoms with E-state index in [-0.39, 0.29) is 11.8 Å². The van der Waals surface area contributed by atoms with Crippen LogP contribution >= 0.6 is 0 Å². The van der Waals surface area contributed by atoms with E-state index in [0.29, 0.717) is 22.8 Å². The highest BCUT2D eigenvalue weighted by atomic mass is 16.5. The molecule has 1 fully saturated rings. The van der Waals surface area contributed by atoms with Crippen LogP contribution in [0.2, 0.25) is 0 Å². The zero-order chi connectivity index (χ0) is 16.6. The van der Waals surface area contributed by atoms with E-state index >= 15 is 0 Å². The maximum absolute atomic E-state index is 12.5. The summed E-state index contributed by atoms with van der Waals surface area (Å²) in [6.07, 6.45) is 2.01. The molecule has 1 aromatic carbocycles. The Bertz CT molecular complexity index is 749. The maximum Gasteiger partial charge on any atom is 0.252 e. The van der Waals surface area contributed by atoms with Gasteiger partial charge in [-0.2, -0.15) is 4.98 Å². The number of hydrogen-bond donors (Lipinski definition) is 2. The molecule has 1 atom stereocenters. The molecule has 0 aliphatic heterocycles. The molecule has 7 heteroatoms. The van der Waals surface area contributed by atoms with Crippen LogP contribution in [-0.2, 0) is 5.54 Å². The van der Waals surface area contributed by atoms with Gasteiger partial charge in [0, 0.05) is 18.1 Å². The fraction of sp³-hybridized carbons (Fsp3) is 0.375. The Morgan fingerprint density at radius 2 is 1.87 bits per heavy atom. The van der Waals surface area contributed by atoms with Gasteiger partial charge in [-0.1, -0.05) is 5.16 Å². The lowest BCUT2D eigenvalue weighted by Gasteiger charge is -2.27. The Morgan fingerprint density at radius 3 is 2.35 bits per heavy atom. The van der Waals surface area contributed by atoms with Crippen molar-refractivity contribution in [2.75, 3.05) is 0 Å². The first-order valence-corrected chi connectivity index (χ1v) is 7.43. The number of amides is 2. The second-order valence-electron chi connectivity index (χ2n) is 6.01. The summed E-state index contributed by atoms with van der Waals surface area (Å²) < 4.78 is 5.05. The zero-order valence-electron chi connectivity index (χ0n) is 13.0. The predicted molar refractivity (Wildman–Crippen MR) is 81.5 cm³/mol. The number of nitrogens with zero attached hydrogens (tertiary/aromatic N) is 2. The standard InChI is InChI=1S/C16H18N4O3/c1-9-18-15(20-23-9)16(2,12-7-8-12)19-14(22)11-5-3-10(4-6-11)13(17)21/h3-6,12H,7-8H2,1-2H3,(H2,17,21)(H,19,22). The molecule has 1 aromatic heterocycles. The van der Waals surface area contributed by atoms with Gasteiger partial charge < -0.3 is 15.6 Å². The molecule has 1 aliphatic rings. The van der Waals surface area contributed by atoms with Gasteiger partial charge in [0.15, 0.2) is 5.82 Å². The van der Waals surface area contributed by atoms with Gasteiger partial charge in [0.1, 0.15) is 5.54 Å². The van der Waals surface area contributed by atoms with Crippen molar-refractivity contribution >= 4 is 11.8 Å². The number of rotatable bonds is 5. The van der Waals surface area contributed by atoms with Crippen molar-refractivity contribution in [3.8, 4) is 0 Å². The smallest absolute Gasteiger partial charge is 0.252 e. The zero-order valence-corrected chi connectivity index (χ0v) is 13.0. The van der Waals surface area contributed by atoms with Crippen LogP contribution in [-0.4, -0.2) is 22.0 Å². The molecule has 3 N–H and O–H groups in total. The van der Waals surface area contributed by atoms with E-state index in [1.165, 1.54) is 12.1 Å². The summed E-state index contributed by atoms with van der Waals surface area (Å²) in [5, 5.41) is 6.98. The second kappa shape index (κ2) is 5.49. The fourth-order valence-electron chi connectivity index (χ4n) is 2.61. The molecule has 0 bridgehead atoms. The van der Waals surface area contributed by atoms with Gasteiger partial charge in [-0.05, 0) is 49.9 Å². The van der Waals surface area contributed by atoms with Crippen molar-refractivity contribution < 1.29 is 14.1 Å². The van der Waals surface area contributed by atoms with Gasteiger partial charge in [-0.3, -0.25) is 9.59 Å². The average Bonchev–Trinajstić information content (AvgIpc) is 3.29. The molecule has 0 radical (unpaired) electrons. The molecule has 120 valence electrons. The molecule has 2 amide bonds. The maximum atomic E-state index is 12.5. The highest BCUT2D eigenvalue weighted by molar-refractivity contribution is 5.97. The monoisotopic (exact) mass is 314 g/mol. The highest BCUT2D eigenvalue weighted by Crippen LogP contribution is 2.44. The Hall–Kier alpha value is -2.70. The van der Waals surface area contributed by atoms with E-state index in [2.05, 4.69) is 15.5 Å². The molecule has 3 rings (SSSR count). The van der Waals surface area contributed by atoms with E-state index in [1.807, 2.05) is 6.92 Å². The largest absolute Gasteiger partial charge is 0.366 e. The van der Waals surface area contributed by atoms with Gasteiger partial charge in [0.05, 0.1) is 0 Å². The molecule has 23 heavy (non-hydrogen) atoms. The molecule has 0 saturated heterocycles. The summed E-state index contributed by atoms with van der Waals surface area (Å²) in [5.41, 5.74) is 5.34. The molecule has 0 spiro atoms. The number of benzene rings is 1. The molecular formula is C16H18N4O3. The van der Waals surface area contributed by atoms with Crippen molar-refractivity contribution in [1.29, 1.82) is 0 Å². The van der Waals surface area contributed by atoms with E-state index in [1.54, 1.807) is 19.1 Å². The third-order valence-corrected chi connectivity index (χ3v) is 4.19. The number of aromatic nitrogens is 2. The van der Waals surface area contributed by atoms with Crippen LogP contribution < -0.4 is 11.1 Å². The lowest BCUT2D eigenvalue weighted by molar-refractivity contribution is 0.0884. The molecule has 1 aliphatic carbocycles. The summed E-state index contributed by atoms with van der Waals surface area (Å²) in [5.74, 6) is 0.458. The predicted octanol–water partition coefficient (Wildman–Crippen LogP) is 1.53. The lowest BCUT2D eigenvalue weighted by atomic mass is 9.94. The van der Waals surface area contributed by atoms with Crippen molar-refractivity contribution in [3.63, 3.8) is 0 Å². The summed E-state index contributed by atoms with van der Waals surface area (Å²) >= 11 is 0. The highest BCUT2D eigenvalue weighted by Gasteiger charge is 2.47. The molecule has 2 aromatic rings. The number of carbonyl (C=O) groups is 2. The molecular weight excluding hydrogens is 296 g/mol. The third-order valence-electron chi connectivity index (χ3n) is 4.19. The van der Waals surface area contributed by atoms with Gasteiger partial charge in [-0.25, -0.2) is 0 Å². The van der Waals surface area contributed by atoms with Gasteiger partial charge in [-0.15, -0.1) is 0 Å². The first kappa shape index (κ1) is 15.2. The van der Waals surface area contributed by atoms with Crippen LogP contribution in [0.5, 0.6) is 0 Å². The summed E-state index contributed by atoms with van der Waals surface area (Å²) in [4.78, 5) is 27.9. The van der Waals surface area contributed by atoms with Gasteiger partial charge >= 0.3 is 0 Å². The fourth-order valence-corrected chi connectivity index (χ4v) is 2.61. The third kappa shape index (κ3) is 2.94. The number of nitrogens with one attached hydrogen (secondary N) is 1. The first-order chi connectivity index (χ1) is 10.9. The van der Waals surface area contributed by atoms with E-state index in [9.17, 15) is 9.59 Å². The lowest BCUT2D eigenvalue weighted by Crippen LogP contribution is -2.46.